The van der Waals surface area contributed by atoms with E-state index < -0.39 is 0 Å². The molecule has 10 rings (SSSR count). The lowest BCUT2D eigenvalue weighted by Crippen LogP contribution is -1.94. The predicted molar refractivity (Wildman–Crippen MR) is 209 cm³/mol. The van der Waals surface area contributed by atoms with Gasteiger partial charge in [-0.25, -0.2) is 4.98 Å². The van der Waals surface area contributed by atoms with E-state index in [2.05, 4.69) is 152 Å². The van der Waals surface area contributed by atoms with Gasteiger partial charge in [0.2, 0.25) is 5.71 Å². The highest BCUT2D eigenvalue weighted by atomic mass is 32.1. The van der Waals surface area contributed by atoms with Crippen LogP contribution in [0.3, 0.4) is 0 Å². The number of hydrogen-bond acceptors (Lipinski definition) is 4. The summed E-state index contributed by atoms with van der Waals surface area (Å²) in [5.74, 6) is 0.633. The third-order valence-electron chi connectivity index (χ3n) is 9.51. The molecule has 50 heavy (non-hydrogen) atoms. The van der Waals surface area contributed by atoms with Crippen molar-refractivity contribution in [3.05, 3.63) is 170 Å². The molecule has 0 saturated carbocycles. The number of furan rings is 1. The van der Waals surface area contributed by atoms with Crippen molar-refractivity contribution >= 4 is 53.6 Å². The van der Waals surface area contributed by atoms with Crippen LogP contribution < -0.4 is 0 Å². The molecule has 0 aliphatic heterocycles. The maximum atomic E-state index is 6.41. The molecular weight excluding hydrogens is 629 g/mol. The smallest absolute Gasteiger partial charge is 0.231 e. The fraction of sp³-hybridized carbons (Fsp3) is 0. The van der Waals surface area contributed by atoms with Crippen LogP contribution >= 0.6 is 11.3 Å². The van der Waals surface area contributed by atoms with Crippen molar-refractivity contribution < 1.29 is 4.42 Å². The number of hydrogen-bond donors (Lipinski definition) is 0. The summed E-state index contributed by atoms with van der Waals surface area (Å²) in [6.07, 6.45) is 0. The largest absolute Gasteiger partial charge is 0.438 e. The quantitative estimate of drug-likeness (QED) is 0.185. The van der Waals surface area contributed by atoms with Gasteiger partial charge in [-0.1, -0.05) is 140 Å². The lowest BCUT2D eigenvalue weighted by Gasteiger charge is -2.11. The summed E-state index contributed by atoms with van der Waals surface area (Å²) in [7, 11) is 0. The van der Waals surface area contributed by atoms with Crippen molar-refractivity contribution in [1.82, 2.24) is 9.97 Å². The first kappa shape index (κ1) is 28.6. The van der Waals surface area contributed by atoms with Gasteiger partial charge >= 0.3 is 0 Å². The first-order chi connectivity index (χ1) is 24.8. The Morgan fingerprint density at radius 2 is 1.00 bits per heavy atom. The second-order valence-corrected chi connectivity index (χ2v) is 13.6. The summed E-state index contributed by atoms with van der Waals surface area (Å²) in [6, 6.07) is 59.8. The van der Waals surface area contributed by atoms with Crippen molar-refractivity contribution in [3.63, 3.8) is 0 Å². The minimum Gasteiger partial charge on any atom is -0.438 e. The van der Waals surface area contributed by atoms with Gasteiger partial charge in [0.25, 0.3) is 0 Å². The lowest BCUT2D eigenvalue weighted by molar-refractivity contribution is 0.653. The Labute approximate surface area is 292 Å². The lowest BCUT2D eigenvalue weighted by atomic mass is 9.96. The number of para-hydroxylation sites is 1. The Balaban J connectivity index is 1.13. The molecule has 0 aliphatic carbocycles. The van der Waals surface area contributed by atoms with Gasteiger partial charge in [-0.05, 0) is 63.7 Å². The van der Waals surface area contributed by atoms with Gasteiger partial charge in [-0.2, -0.15) is 4.98 Å². The van der Waals surface area contributed by atoms with Crippen molar-refractivity contribution in [2.45, 2.75) is 0 Å². The summed E-state index contributed by atoms with van der Waals surface area (Å²) in [5.41, 5.74) is 11.2. The Hall–Kier alpha value is -6.36. The van der Waals surface area contributed by atoms with Crippen LogP contribution in [-0.2, 0) is 0 Å². The van der Waals surface area contributed by atoms with E-state index in [-0.39, 0.29) is 0 Å². The average Bonchev–Trinajstić information content (AvgIpc) is 3.77. The molecule has 0 spiro atoms. The van der Waals surface area contributed by atoms with Crippen molar-refractivity contribution in [3.8, 4) is 56.0 Å². The molecule has 0 unspecified atom stereocenters. The van der Waals surface area contributed by atoms with Crippen LogP contribution in [0.5, 0.6) is 0 Å². The molecular formula is C46H28N2OS. The third-order valence-corrected chi connectivity index (χ3v) is 10.7. The second kappa shape index (κ2) is 11.7. The van der Waals surface area contributed by atoms with Crippen LogP contribution in [0.15, 0.2) is 174 Å². The highest BCUT2D eigenvalue weighted by Crippen LogP contribution is 2.42. The molecule has 0 saturated heterocycles. The highest BCUT2D eigenvalue weighted by molar-refractivity contribution is 7.26. The zero-order valence-corrected chi connectivity index (χ0v) is 27.7. The van der Waals surface area contributed by atoms with Crippen LogP contribution in [0.4, 0.5) is 0 Å². The van der Waals surface area contributed by atoms with Crippen LogP contribution in [-0.4, -0.2) is 9.97 Å². The van der Waals surface area contributed by atoms with Crippen LogP contribution in [0, 0.1) is 0 Å². The van der Waals surface area contributed by atoms with Gasteiger partial charge in [0.1, 0.15) is 5.58 Å². The SMILES string of the molecule is c1ccc(-c2cccc(-c3cccc(-c4nc(-c5cccc(-c6cccc7c6sc6ccccc67)c5)nc5oc6ccccc6c45)c3)c2)cc1. The number of benzene rings is 7. The topological polar surface area (TPSA) is 38.9 Å². The van der Waals surface area contributed by atoms with Gasteiger partial charge in [0.15, 0.2) is 5.82 Å². The van der Waals surface area contributed by atoms with Crippen molar-refractivity contribution in [2.75, 3.05) is 0 Å². The predicted octanol–water partition coefficient (Wildman–Crippen LogP) is 13.1. The number of aromatic nitrogens is 2. The molecule has 0 N–H and O–H groups in total. The van der Waals surface area contributed by atoms with Crippen LogP contribution in [0.1, 0.15) is 0 Å². The maximum Gasteiger partial charge on any atom is 0.231 e. The van der Waals surface area contributed by atoms with E-state index in [1.165, 1.54) is 36.9 Å². The van der Waals surface area contributed by atoms with E-state index in [0.29, 0.717) is 11.5 Å². The van der Waals surface area contributed by atoms with Gasteiger partial charge in [-0.15, -0.1) is 11.3 Å². The van der Waals surface area contributed by atoms with E-state index in [9.17, 15) is 0 Å². The number of rotatable bonds is 5. The summed E-state index contributed by atoms with van der Waals surface area (Å²) in [6.45, 7) is 0. The fourth-order valence-electron chi connectivity index (χ4n) is 7.12. The third kappa shape index (κ3) is 4.80. The molecule has 0 bridgehead atoms. The summed E-state index contributed by atoms with van der Waals surface area (Å²) in [4.78, 5) is 10.4. The average molecular weight is 657 g/mol. The fourth-order valence-corrected chi connectivity index (χ4v) is 8.35. The van der Waals surface area contributed by atoms with E-state index in [1.807, 2.05) is 29.5 Å². The summed E-state index contributed by atoms with van der Waals surface area (Å²) < 4.78 is 8.99. The molecule has 10 aromatic rings. The molecule has 7 aromatic carbocycles. The van der Waals surface area contributed by atoms with Gasteiger partial charge in [0, 0.05) is 36.7 Å². The van der Waals surface area contributed by atoms with Crippen molar-refractivity contribution in [2.24, 2.45) is 0 Å². The number of nitrogens with zero attached hydrogens (tertiary/aromatic N) is 2. The summed E-state index contributed by atoms with van der Waals surface area (Å²) in [5, 5.41) is 4.50. The first-order valence-electron chi connectivity index (χ1n) is 16.7. The molecule has 4 heteroatoms. The van der Waals surface area contributed by atoms with Gasteiger partial charge < -0.3 is 4.42 Å². The monoisotopic (exact) mass is 656 g/mol. The molecule has 3 heterocycles. The Bertz CT molecular complexity index is 2880. The first-order valence-corrected chi connectivity index (χ1v) is 17.6. The van der Waals surface area contributed by atoms with E-state index in [1.54, 1.807) is 0 Å². The van der Waals surface area contributed by atoms with Crippen LogP contribution in [0.25, 0.3) is 98.3 Å². The Morgan fingerprint density at radius 3 is 1.84 bits per heavy atom. The molecule has 234 valence electrons. The van der Waals surface area contributed by atoms with E-state index >= 15 is 0 Å². The van der Waals surface area contributed by atoms with Gasteiger partial charge in [0.05, 0.1) is 11.1 Å². The Morgan fingerprint density at radius 1 is 0.420 bits per heavy atom. The molecule has 0 atom stereocenters. The molecule has 0 amide bonds. The zero-order valence-electron chi connectivity index (χ0n) is 26.9. The van der Waals surface area contributed by atoms with E-state index in [4.69, 9.17) is 14.4 Å². The number of thiophene rings is 1. The maximum absolute atomic E-state index is 6.41. The standard InChI is InChI=1S/C46H28N2OS/c1-2-12-29(13-3-1)30-14-8-15-31(26-30)32-16-9-18-34(27-32)43-42-39-21-4-6-24-40(39)49-46(42)48-45(47-43)35-19-10-17-33(28-35)36-22-11-23-38-37-20-5-7-25-41(37)50-44(36)38/h1-28H. The summed E-state index contributed by atoms with van der Waals surface area (Å²) >= 11 is 1.84. The van der Waals surface area contributed by atoms with E-state index in [0.717, 1.165) is 49.9 Å². The highest BCUT2D eigenvalue weighted by Gasteiger charge is 2.19. The molecule has 0 fully saturated rings. The van der Waals surface area contributed by atoms with Crippen LogP contribution in [0.2, 0.25) is 0 Å². The zero-order chi connectivity index (χ0) is 33.0. The Kier molecular flexibility index (Phi) is 6.68. The van der Waals surface area contributed by atoms with Gasteiger partial charge in [-0.3, -0.25) is 0 Å². The molecule has 0 radical (unpaired) electrons. The van der Waals surface area contributed by atoms with Crippen molar-refractivity contribution in [1.29, 1.82) is 0 Å². The minimum absolute atomic E-state index is 0.583. The number of fused-ring (bicyclic) bond motifs is 6. The minimum atomic E-state index is 0.583. The normalized spacial score (nSPS) is 11.6. The molecule has 3 nitrogen and oxygen atoms in total. The molecule has 0 aliphatic rings. The second-order valence-electron chi connectivity index (χ2n) is 12.6. The molecule has 3 aromatic heterocycles.